The van der Waals surface area contributed by atoms with Crippen LogP contribution in [-0.2, 0) is 19.1 Å². The molecule has 0 bridgehead atoms. The standard InChI is InChI=1S/C14H15FN2O4/c1-16(8-13(19)21-2)11-7-12(18)17(14(11)20)10-5-3-9(15)4-6-10/h3-6,11H,7-8H2,1-2H3/p+1/t11-/m0/s1. The van der Waals surface area contributed by atoms with Crippen molar-refractivity contribution >= 4 is 23.5 Å². The number of hydrogen-bond donors (Lipinski definition) is 1. The molecule has 0 aliphatic carbocycles. The highest BCUT2D eigenvalue weighted by molar-refractivity contribution is 6.21. The minimum absolute atomic E-state index is 0.00254. The third-order valence-electron chi connectivity index (χ3n) is 3.48. The summed E-state index contributed by atoms with van der Waals surface area (Å²) in [6, 6.07) is 4.50. The van der Waals surface area contributed by atoms with Gasteiger partial charge in [0.2, 0.25) is 5.91 Å². The Balaban J connectivity index is 2.16. The SMILES string of the molecule is COC(=O)C[NH+](C)[C@H]1CC(=O)N(c2ccc(F)cc2)C1=O. The Hall–Kier alpha value is -2.28. The van der Waals surface area contributed by atoms with Crippen LogP contribution in [0.4, 0.5) is 10.1 Å². The molecule has 1 unspecified atom stereocenters. The van der Waals surface area contributed by atoms with Crippen molar-refractivity contribution in [3.63, 3.8) is 0 Å². The molecule has 21 heavy (non-hydrogen) atoms. The van der Waals surface area contributed by atoms with Gasteiger partial charge in [0.05, 0.1) is 26.3 Å². The fourth-order valence-corrected chi connectivity index (χ4v) is 2.30. The second-order valence-electron chi connectivity index (χ2n) is 4.90. The Bertz CT molecular complexity index is 573. The van der Waals surface area contributed by atoms with Gasteiger partial charge >= 0.3 is 5.97 Å². The largest absolute Gasteiger partial charge is 0.465 e. The van der Waals surface area contributed by atoms with E-state index in [0.29, 0.717) is 10.6 Å². The lowest BCUT2D eigenvalue weighted by atomic mass is 10.2. The lowest BCUT2D eigenvalue weighted by Gasteiger charge is -2.19. The van der Waals surface area contributed by atoms with Gasteiger partial charge in [0.25, 0.3) is 5.91 Å². The Morgan fingerprint density at radius 3 is 2.57 bits per heavy atom. The molecule has 1 aliphatic rings. The van der Waals surface area contributed by atoms with E-state index >= 15 is 0 Å². The number of benzene rings is 1. The smallest absolute Gasteiger partial charge is 0.361 e. The summed E-state index contributed by atoms with van der Waals surface area (Å²) in [4.78, 5) is 37.3. The van der Waals surface area contributed by atoms with E-state index in [9.17, 15) is 18.8 Å². The molecule has 1 heterocycles. The van der Waals surface area contributed by atoms with Crippen LogP contribution in [0.25, 0.3) is 0 Å². The summed E-state index contributed by atoms with van der Waals surface area (Å²) in [5.74, 6) is -1.65. The van der Waals surface area contributed by atoms with Gasteiger partial charge in [0, 0.05) is 0 Å². The summed E-state index contributed by atoms with van der Waals surface area (Å²) in [6.07, 6.45) is 0.0129. The number of ether oxygens (including phenoxy) is 1. The first kappa shape index (κ1) is 15.1. The number of nitrogens with zero attached hydrogens (tertiary/aromatic N) is 1. The molecule has 0 saturated carbocycles. The highest BCUT2D eigenvalue weighted by atomic mass is 19.1. The van der Waals surface area contributed by atoms with E-state index in [2.05, 4.69) is 4.74 Å². The van der Waals surface area contributed by atoms with Crippen molar-refractivity contribution in [1.82, 2.24) is 0 Å². The number of halogens is 1. The molecule has 1 aromatic carbocycles. The summed E-state index contributed by atoms with van der Waals surface area (Å²) < 4.78 is 17.5. The van der Waals surface area contributed by atoms with Gasteiger partial charge in [-0.15, -0.1) is 0 Å². The first-order valence-electron chi connectivity index (χ1n) is 6.45. The second-order valence-corrected chi connectivity index (χ2v) is 4.90. The summed E-state index contributed by atoms with van der Waals surface area (Å²) >= 11 is 0. The lowest BCUT2D eigenvalue weighted by molar-refractivity contribution is -0.887. The molecule has 0 aromatic heterocycles. The molecule has 0 spiro atoms. The first-order valence-corrected chi connectivity index (χ1v) is 6.45. The number of quaternary nitrogens is 1. The summed E-state index contributed by atoms with van der Waals surface area (Å²) in [5, 5.41) is 0. The number of esters is 1. The lowest BCUT2D eigenvalue weighted by Crippen LogP contribution is -3.14. The average molecular weight is 295 g/mol. The van der Waals surface area contributed by atoms with Crippen molar-refractivity contribution < 1.29 is 28.4 Å². The van der Waals surface area contributed by atoms with E-state index < -0.39 is 23.7 Å². The van der Waals surface area contributed by atoms with Gasteiger partial charge in [-0.25, -0.2) is 14.1 Å². The Labute approximate surface area is 121 Å². The highest BCUT2D eigenvalue weighted by Crippen LogP contribution is 2.21. The fourth-order valence-electron chi connectivity index (χ4n) is 2.30. The highest BCUT2D eigenvalue weighted by Gasteiger charge is 2.45. The van der Waals surface area contributed by atoms with E-state index in [1.807, 2.05) is 0 Å². The van der Waals surface area contributed by atoms with Gasteiger partial charge in [0.15, 0.2) is 12.6 Å². The van der Waals surface area contributed by atoms with Crippen LogP contribution in [-0.4, -0.2) is 44.5 Å². The molecular weight excluding hydrogens is 279 g/mol. The number of rotatable bonds is 4. The van der Waals surface area contributed by atoms with Crippen molar-refractivity contribution in [1.29, 1.82) is 0 Å². The van der Waals surface area contributed by atoms with Gasteiger partial charge < -0.3 is 9.64 Å². The first-order chi connectivity index (χ1) is 9.93. The fraction of sp³-hybridized carbons (Fsp3) is 0.357. The molecule has 0 radical (unpaired) electrons. The Kier molecular flexibility index (Phi) is 4.32. The van der Waals surface area contributed by atoms with Crippen molar-refractivity contribution in [3.8, 4) is 0 Å². The molecular formula is C14H16FN2O4+. The normalized spacial score (nSPS) is 19.8. The molecule has 1 fully saturated rings. The monoisotopic (exact) mass is 295 g/mol. The maximum atomic E-state index is 12.9. The van der Waals surface area contributed by atoms with Gasteiger partial charge in [-0.3, -0.25) is 9.59 Å². The summed E-state index contributed by atoms with van der Waals surface area (Å²) in [6.45, 7) is -0.00254. The van der Waals surface area contributed by atoms with Crippen molar-refractivity contribution in [2.45, 2.75) is 12.5 Å². The van der Waals surface area contributed by atoms with E-state index in [-0.39, 0.29) is 18.9 Å². The van der Waals surface area contributed by atoms with Gasteiger partial charge in [-0.05, 0) is 24.3 Å². The maximum Gasteiger partial charge on any atom is 0.361 e. The number of likely N-dealkylation sites (N-methyl/N-ethyl adjacent to an activating group) is 1. The molecule has 112 valence electrons. The quantitative estimate of drug-likeness (QED) is 0.580. The van der Waals surface area contributed by atoms with E-state index in [0.717, 1.165) is 4.90 Å². The minimum atomic E-state index is -0.637. The molecule has 1 saturated heterocycles. The molecule has 2 rings (SSSR count). The number of carbonyl (C=O) groups is 3. The molecule has 6 nitrogen and oxygen atoms in total. The van der Waals surface area contributed by atoms with Crippen LogP contribution in [0.5, 0.6) is 0 Å². The van der Waals surface area contributed by atoms with Crippen LogP contribution < -0.4 is 9.80 Å². The van der Waals surface area contributed by atoms with Crippen molar-refractivity contribution in [3.05, 3.63) is 30.1 Å². The van der Waals surface area contributed by atoms with Crippen LogP contribution in [0.1, 0.15) is 6.42 Å². The number of carbonyl (C=O) groups excluding carboxylic acids is 3. The number of hydrogen-bond acceptors (Lipinski definition) is 4. The van der Waals surface area contributed by atoms with E-state index in [1.165, 1.54) is 31.4 Å². The van der Waals surface area contributed by atoms with Crippen molar-refractivity contribution in [2.75, 3.05) is 25.6 Å². The number of imide groups is 1. The molecule has 1 aromatic rings. The third-order valence-corrected chi connectivity index (χ3v) is 3.48. The van der Waals surface area contributed by atoms with Crippen LogP contribution >= 0.6 is 0 Å². The van der Waals surface area contributed by atoms with Crippen molar-refractivity contribution in [2.24, 2.45) is 0 Å². The van der Waals surface area contributed by atoms with Crippen LogP contribution in [0.2, 0.25) is 0 Å². The number of anilines is 1. The number of methoxy groups -OCH3 is 1. The molecule has 1 N–H and O–H groups in total. The summed E-state index contributed by atoms with van der Waals surface area (Å²) in [7, 11) is 2.92. The predicted molar refractivity (Wildman–Crippen MR) is 71.1 cm³/mol. The van der Waals surface area contributed by atoms with Gasteiger partial charge in [-0.1, -0.05) is 0 Å². The topological polar surface area (TPSA) is 68.1 Å². The zero-order valence-corrected chi connectivity index (χ0v) is 11.8. The van der Waals surface area contributed by atoms with E-state index in [4.69, 9.17) is 0 Å². The zero-order valence-electron chi connectivity index (χ0n) is 11.8. The van der Waals surface area contributed by atoms with E-state index in [1.54, 1.807) is 7.05 Å². The maximum absolute atomic E-state index is 12.9. The summed E-state index contributed by atoms with van der Waals surface area (Å²) in [5.41, 5.74) is 0.333. The van der Waals surface area contributed by atoms with Crippen LogP contribution in [0, 0.1) is 5.82 Å². The molecule has 1 aliphatic heterocycles. The second kappa shape index (κ2) is 6.01. The number of nitrogens with one attached hydrogen (secondary N) is 1. The Morgan fingerprint density at radius 1 is 1.38 bits per heavy atom. The minimum Gasteiger partial charge on any atom is -0.465 e. The van der Waals surface area contributed by atoms with Gasteiger partial charge in [0.1, 0.15) is 5.82 Å². The zero-order chi connectivity index (χ0) is 15.6. The van der Waals surface area contributed by atoms with Crippen LogP contribution in [0.15, 0.2) is 24.3 Å². The Morgan fingerprint density at radius 2 is 2.00 bits per heavy atom. The predicted octanol–water partition coefficient (Wildman–Crippen LogP) is -0.855. The molecule has 7 heteroatoms. The third kappa shape index (κ3) is 3.08. The average Bonchev–Trinajstić information content (AvgIpc) is 2.75. The van der Waals surface area contributed by atoms with Crippen LogP contribution in [0.3, 0.4) is 0 Å². The molecule has 2 atom stereocenters. The molecule has 2 amide bonds. The van der Waals surface area contributed by atoms with Gasteiger partial charge in [-0.2, -0.15) is 0 Å². The number of amides is 2.